The number of likely N-dealkylation sites (N-methyl/N-ethyl adjacent to an activating group) is 1. The molecule has 0 amide bonds. The molecule has 3 heteroatoms. The summed E-state index contributed by atoms with van der Waals surface area (Å²) in [4.78, 5) is 2.37. The van der Waals surface area contributed by atoms with Crippen LogP contribution in [0.1, 0.15) is 50.5 Å². The molecule has 1 saturated carbocycles. The van der Waals surface area contributed by atoms with Crippen LogP contribution < -0.4 is 4.74 Å². The van der Waals surface area contributed by atoms with Crippen molar-refractivity contribution in [2.45, 2.75) is 56.6 Å². The molecule has 0 saturated heterocycles. The highest BCUT2D eigenvalue weighted by Crippen LogP contribution is 2.54. The van der Waals surface area contributed by atoms with Gasteiger partial charge in [-0.3, -0.25) is 0 Å². The standard InChI is InChI=1S/C17H25NO.ClH/c1-4-16(18(2)3)17-12-8-7-10-14(17)13-9-5-6-11-15(13)19-17;/h5-6,9,11,14,16H,4,7-8,10,12H2,1-3H3;1H. The molecule has 0 bridgehead atoms. The lowest BCUT2D eigenvalue weighted by atomic mass is 9.69. The quantitative estimate of drug-likeness (QED) is 0.827. The lowest BCUT2D eigenvalue weighted by molar-refractivity contribution is -0.0363. The molecule has 112 valence electrons. The monoisotopic (exact) mass is 295 g/mol. The molecule has 1 fully saturated rings. The van der Waals surface area contributed by atoms with Crippen LogP contribution in [0.2, 0.25) is 0 Å². The molecular formula is C17H26ClNO. The van der Waals surface area contributed by atoms with Gasteiger partial charge in [-0.1, -0.05) is 31.5 Å². The smallest absolute Gasteiger partial charge is 0.131 e. The topological polar surface area (TPSA) is 12.5 Å². The van der Waals surface area contributed by atoms with Crippen molar-refractivity contribution in [1.29, 1.82) is 0 Å². The minimum Gasteiger partial charge on any atom is -0.485 e. The highest BCUT2D eigenvalue weighted by atomic mass is 35.5. The average molecular weight is 296 g/mol. The molecule has 1 aliphatic carbocycles. The summed E-state index contributed by atoms with van der Waals surface area (Å²) in [5.74, 6) is 1.72. The predicted octanol–water partition coefficient (Wildman–Crippen LogP) is 4.24. The summed E-state index contributed by atoms with van der Waals surface area (Å²) in [6.07, 6.45) is 6.27. The van der Waals surface area contributed by atoms with Gasteiger partial charge in [0, 0.05) is 17.5 Å². The summed E-state index contributed by atoms with van der Waals surface area (Å²) in [7, 11) is 4.39. The van der Waals surface area contributed by atoms with Crippen molar-refractivity contribution in [3.05, 3.63) is 29.8 Å². The van der Waals surface area contributed by atoms with E-state index < -0.39 is 0 Å². The first kappa shape index (κ1) is 15.7. The third kappa shape index (κ3) is 2.23. The number of rotatable bonds is 3. The molecule has 3 atom stereocenters. The molecule has 2 aliphatic rings. The summed E-state index contributed by atoms with van der Waals surface area (Å²) in [6, 6.07) is 9.18. The maximum atomic E-state index is 6.57. The van der Waals surface area contributed by atoms with Gasteiger partial charge in [0.2, 0.25) is 0 Å². The van der Waals surface area contributed by atoms with Crippen LogP contribution in [0.25, 0.3) is 0 Å². The van der Waals surface area contributed by atoms with Crippen LogP contribution in [0.5, 0.6) is 5.75 Å². The Labute approximate surface area is 128 Å². The van der Waals surface area contributed by atoms with E-state index in [-0.39, 0.29) is 18.0 Å². The Morgan fingerprint density at radius 3 is 2.75 bits per heavy atom. The van der Waals surface area contributed by atoms with Gasteiger partial charge in [-0.05, 0) is 45.8 Å². The van der Waals surface area contributed by atoms with E-state index in [0.717, 1.165) is 12.2 Å². The molecule has 1 aromatic carbocycles. The summed E-state index contributed by atoms with van der Waals surface area (Å²) in [6.45, 7) is 2.29. The Kier molecular flexibility index (Phi) is 4.66. The summed E-state index contributed by atoms with van der Waals surface area (Å²) < 4.78 is 6.57. The zero-order chi connectivity index (χ0) is 13.5. The molecule has 20 heavy (non-hydrogen) atoms. The number of hydrogen-bond donors (Lipinski definition) is 0. The van der Waals surface area contributed by atoms with Gasteiger partial charge in [0.25, 0.3) is 0 Å². The van der Waals surface area contributed by atoms with E-state index in [2.05, 4.69) is 50.2 Å². The van der Waals surface area contributed by atoms with Crippen molar-refractivity contribution in [3.8, 4) is 5.75 Å². The molecule has 1 aliphatic heterocycles. The molecule has 0 aromatic heterocycles. The van der Waals surface area contributed by atoms with Crippen LogP contribution in [0.4, 0.5) is 0 Å². The number of ether oxygens (including phenoxy) is 1. The largest absolute Gasteiger partial charge is 0.485 e. The number of halogens is 1. The maximum absolute atomic E-state index is 6.57. The van der Waals surface area contributed by atoms with Gasteiger partial charge in [0.05, 0.1) is 0 Å². The van der Waals surface area contributed by atoms with E-state index >= 15 is 0 Å². The zero-order valence-corrected chi connectivity index (χ0v) is 13.6. The maximum Gasteiger partial charge on any atom is 0.131 e. The second-order valence-corrected chi connectivity index (χ2v) is 6.28. The SMILES string of the molecule is CCC(N(C)C)C12CCCCC1c1ccccc1O2.Cl. The van der Waals surface area contributed by atoms with Gasteiger partial charge >= 0.3 is 0 Å². The van der Waals surface area contributed by atoms with Crippen LogP contribution in [0.3, 0.4) is 0 Å². The van der Waals surface area contributed by atoms with Crippen LogP contribution in [0, 0.1) is 0 Å². The highest BCUT2D eigenvalue weighted by molar-refractivity contribution is 5.85. The van der Waals surface area contributed by atoms with Crippen molar-refractivity contribution in [2.24, 2.45) is 0 Å². The normalized spacial score (nSPS) is 29.1. The fraction of sp³-hybridized carbons (Fsp3) is 0.647. The van der Waals surface area contributed by atoms with Crippen LogP contribution in [-0.2, 0) is 0 Å². The summed E-state index contributed by atoms with van der Waals surface area (Å²) in [5, 5.41) is 0. The molecule has 1 aromatic rings. The lowest BCUT2D eigenvalue weighted by Gasteiger charge is -2.46. The Morgan fingerprint density at radius 1 is 1.30 bits per heavy atom. The predicted molar refractivity (Wildman–Crippen MR) is 86.0 cm³/mol. The van der Waals surface area contributed by atoms with Gasteiger partial charge in [-0.25, -0.2) is 0 Å². The van der Waals surface area contributed by atoms with Crippen molar-refractivity contribution in [2.75, 3.05) is 14.1 Å². The van der Waals surface area contributed by atoms with Gasteiger partial charge in [-0.15, -0.1) is 12.4 Å². The van der Waals surface area contributed by atoms with E-state index in [1.807, 2.05) is 0 Å². The van der Waals surface area contributed by atoms with E-state index in [1.165, 1.54) is 31.2 Å². The Morgan fingerprint density at radius 2 is 2.05 bits per heavy atom. The van der Waals surface area contributed by atoms with E-state index in [4.69, 9.17) is 4.74 Å². The minimum absolute atomic E-state index is 0. The Balaban J connectivity index is 0.00000147. The Hall–Kier alpha value is -0.730. The fourth-order valence-electron chi connectivity index (χ4n) is 4.39. The molecule has 2 nitrogen and oxygen atoms in total. The van der Waals surface area contributed by atoms with E-state index in [1.54, 1.807) is 0 Å². The number of benzene rings is 1. The van der Waals surface area contributed by atoms with Crippen molar-refractivity contribution < 1.29 is 4.74 Å². The fourth-order valence-corrected chi connectivity index (χ4v) is 4.39. The third-order valence-corrected chi connectivity index (χ3v) is 5.07. The lowest BCUT2D eigenvalue weighted by Crippen LogP contribution is -2.56. The van der Waals surface area contributed by atoms with Gasteiger partial charge in [0.15, 0.2) is 0 Å². The van der Waals surface area contributed by atoms with Crippen molar-refractivity contribution >= 4 is 12.4 Å². The zero-order valence-electron chi connectivity index (χ0n) is 12.8. The van der Waals surface area contributed by atoms with E-state index in [0.29, 0.717) is 12.0 Å². The third-order valence-electron chi connectivity index (χ3n) is 5.07. The number of nitrogens with zero attached hydrogens (tertiary/aromatic N) is 1. The average Bonchev–Trinajstić information content (AvgIpc) is 2.73. The molecule has 0 radical (unpaired) electrons. The van der Waals surface area contributed by atoms with E-state index in [9.17, 15) is 0 Å². The number of para-hydroxylation sites is 1. The van der Waals surface area contributed by atoms with Crippen LogP contribution >= 0.6 is 12.4 Å². The first-order valence-electron chi connectivity index (χ1n) is 7.63. The number of hydrogen-bond acceptors (Lipinski definition) is 2. The highest BCUT2D eigenvalue weighted by Gasteiger charge is 2.54. The molecule has 3 unspecified atom stereocenters. The van der Waals surface area contributed by atoms with Gasteiger partial charge in [0.1, 0.15) is 11.4 Å². The van der Waals surface area contributed by atoms with Gasteiger partial charge in [-0.2, -0.15) is 0 Å². The second-order valence-electron chi connectivity index (χ2n) is 6.28. The van der Waals surface area contributed by atoms with Crippen LogP contribution in [-0.4, -0.2) is 30.6 Å². The first-order valence-corrected chi connectivity index (χ1v) is 7.63. The van der Waals surface area contributed by atoms with Gasteiger partial charge < -0.3 is 9.64 Å². The van der Waals surface area contributed by atoms with Crippen molar-refractivity contribution in [1.82, 2.24) is 4.90 Å². The molecule has 1 heterocycles. The first-order chi connectivity index (χ1) is 9.19. The summed E-state index contributed by atoms with van der Waals surface area (Å²) in [5.41, 5.74) is 1.46. The summed E-state index contributed by atoms with van der Waals surface area (Å²) >= 11 is 0. The second kappa shape index (κ2) is 5.95. The number of fused-ring (bicyclic) bond motifs is 3. The molecule has 0 N–H and O–H groups in total. The minimum atomic E-state index is 0. The molecule has 0 spiro atoms. The van der Waals surface area contributed by atoms with Crippen LogP contribution in [0.15, 0.2) is 24.3 Å². The molecular weight excluding hydrogens is 270 g/mol. The molecule has 3 rings (SSSR count). The van der Waals surface area contributed by atoms with Crippen molar-refractivity contribution in [3.63, 3.8) is 0 Å². The Bertz CT molecular complexity index is 462.